The van der Waals surface area contributed by atoms with Crippen LogP contribution in [-0.2, 0) is 100 Å². The summed E-state index contributed by atoms with van der Waals surface area (Å²) < 4.78 is 144. The van der Waals surface area contributed by atoms with E-state index >= 15 is 0 Å². The van der Waals surface area contributed by atoms with Gasteiger partial charge in [0, 0.05) is 22.3 Å². The molecule has 8 aromatic rings. The van der Waals surface area contributed by atoms with Crippen molar-refractivity contribution in [3.63, 3.8) is 0 Å². The number of alkyl halides is 3. The van der Waals surface area contributed by atoms with Gasteiger partial charge in [0.2, 0.25) is 12.6 Å². The summed E-state index contributed by atoms with van der Waals surface area (Å²) in [6, 6.07) is 71.9. The molecule has 0 amide bonds. The molecule has 0 aromatic heterocycles. The quantitative estimate of drug-likeness (QED) is 0.0145. The summed E-state index contributed by atoms with van der Waals surface area (Å²) in [6.45, 7) is 34.6. The van der Waals surface area contributed by atoms with Gasteiger partial charge in [-0.25, -0.2) is 19.1 Å². The van der Waals surface area contributed by atoms with Crippen LogP contribution < -0.4 is 0 Å². The number of ether oxygens (including phenoxy) is 12. The van der Waals surface area contributed by atoms with Crippen molar-refractivity contribution < 1.29 is 103 Å². The van der Waals surface area contributed by atoms with E-state index in [1.807, 2.05) is 101 Å². The number of halogens is 3. The number of rotatable bonds is 30. The van der Waals surface area contributed by atoms with Crippen LogP contribution in [-0.4, -0.2) is 141 Å². The van der Waals surface area contributed by atoms with Gasteiger partial charge in [-0.15, -0.1) is 0 Å². The van der Waals surface area contributed by atoms with Crippen LogP contribution in [0.3, 0.4) is 0 Å². The van der Waals surface area contributed by atoms with E-state index in [4.69, 9.17) is 70.4 Å². The predicted molar refractivity (Wildman–Crippen MR) is 481 cm³/mol. The Kier molecular flexibility index (Phi) is 39.1. The summed E-state index contributed by atoms with van der Waals surface area (Å²) in [4.78, 5) is 30.6. The monoisotopic (exact) mass is 1780 g/mol. The van der Waals surface area contributed by atoms with Crippen molar-refractivity contribution in [2.75, 3.05) is 33.0 Å². The second kappa shape index (κ2) is 49.1. The summed E-state index contributed by atoms with van der Waals surface area (Å²) in [5.41, 5.74) is 7.74. The standard InChI is InChI=1S/C33H42O3S.C29H39O9P.C23H24F3NO4.C16H24O3/c1-23-17-18-28(33(4,5)6)19-30(23)37-32-31(35-21-27-15-11-8-12-16-27)25(3)24(2)29(36-32)22-34-20-26-13-9-7-10-14-26;1-4-6-18-33-39(31,34-19-7-5-2)38-29-26(36-27(30)22-14-10-8-11-15-22)21(3)25-24(35-29)20-32-28(37-25)23-16-12-9-13-17-23;1-14-15(2)19(30-20(28)17-10-6-4-7-11-17)21(29-16(14)3)31-22(23(24,25)26)27-18-12-8-5-9-13-18;1-11-12(2)16(17)13(3)19-15(11)10-18-9-14-7-5-4-6-8-14/h7-19,24-25,29,31-32H,20-22H2,1-6H3;8-17,21,24-26,28-29H,4-7,18-20H2,1-3H3;4-16,19,21H,1-3H3;4-8,11-13,15-17H,9-10H2,1-3H3/t24-,25-,29?,31?,32-;21-,24?,25-,26?,28?,29-;14-,15+,16?,19?,21+;11-,12-,13+,15?,16?/m0010/s1. The molecule has 25 heteroatoms. The van der Waals surface area contributed by atoms with E-state index in [1.165, 1.54) is 44.8 Å². The second-order valence-corrected chi connectivity index (χ2v) is 37.0. The topological polar surface area (TPSA) is 222 Å². The molecule has 9 unspecified atom stereocenters. The zero-order valence-corrected chi connectivity index (χ0v) is 77.0. The number of nitrogens with zero attached hydrogens (tertiary/aromatic N) is 1. The van der Waals surface area contributed by atoms with Gasteiger partial charge in [-0.1, -0.05) is 296 Å². The van der Waals surface area contributed by atoms with E-state index in [-0.39, 0.29) is 90.2 Å². The van der Waals surface area contributed by atoms with Crippen molar-refractivity contribution in [1.29, 1.82) is 0 Å². The molecule has 0 radical (unpaired) electrons. The predicted octanol–water partition coefficient (Wildman–Crippen LogP) is 22.8. The number of fused-ring (bicyclic) bond motifs is 1. The van der Waals surface area contributed by atoms with Crippen LogP contribution >= 0.6 is 19.6 Å². The molecule has 0 aliphatic carbocycles. The summed E-state index contributed by atoms with van der Waals surface area (Å²) in [5, 5.41) is 9.97. The number of aliphatic hydroxyl groups is 1. The number of aliphatic hydroxyl groups excluding tert-OH is 1. The van der Waals surface area contributed by atoms with E-state index in [1.54, 1.807) is 98.4 Å². The molecule has 13 rings (SSSR count). The summed E-state index contributed by atoms with van der Waals surface area (Å²) in [7, 11) is -4.03. The molecule has 8 aromatic carbocycles. The van der Waals surface area contributed by atoms with E-state index in [9.17, 15) is 32.4 Å². The first kappa shape index (κ1) is 100. The number of benzene rings is 8. The Bertz CT molecular complexity index is 4570. The number of aryl methyl sites for hydroxylation is 1. The molecule has 5 saturated heterocycles. The minimum absolute atomic E-state index is 0.0129. The van der Waals surface area contributed by atoms with Gasteiger partial charge in [-0.2, -0.15) is 13.2 Å². The van der Waals surface area contributed by atoms with Gasteiger partial charge in [0.05, 0.1) is 112 Å². The highest BCUT2D eigenvalue weighted by Crippen LogP contribution is 2.54. The molecule has 126 heavy (non-hydrogen) atoms. The maximum Gasteiger partial charge on any atom is 0.477 e. The third kappa shape index (κ3) is 29.5. The highest BCUT2D eigenvalue weighted by atomic mass is 32.2. The average Bonchev–Trinajstić information content (AvgIpc) is 0.767. The van der Waals surface area contributed by atoms with Gasteiger partial charge in [-0.05, 0) is 139 Å². The molecule has 0 bridgehead atoms. The Hall–Kier alpha value is -7.98. The zero-order valence-electron chi connectivity index (χ0n) is 75.3. The Balaban J connectivity index is 0.000000180. The lowest BCUT2D eigenvalue weighted by atomic mass is 9.82. The lowest BCUT2D eigenvalue weighted by Crippen LogP contribution is -2.59. The van der Waals surface area contributed by atoms with Crippen LogP contribution in [0.4, 0.5) is 18.9 Å². The lowest BCUT2D eigenvalue weighted by molar-refractivity contribution is -0.340. The molecule has 5 fully saturated rings. The van der Waals surface area contributed by atoms with Gasteiger partial charge < -0.3 is 61.9 Å². The molecule has 20 nitrogen and oxygen atoms in total. The molecule has 0 spiro atoms. The van der Waals surface area contributed by atoms with E-state index in [0.717, 1.165) is 18.4 Å². The second-order valence-electron chi connectivity index (χ2n) is 34.2. The SMILES string of the molecule is CC1O[C@@H](OC(=Nc2ccccc2)C(F)(F)F)C(OC(=O)c2ccccc2)[C@@H](C)[C@H]1C.CCCCOP(=O)(OCCCC)O[C@@H]1OC2COC(c3ccccc3)O[C@H]2[C@H](C)C1OC(=O)c1ccccc1.C[C@@H]1C(COCc2ccccc2)O[C@H](C)C(O)[C@H]1C.Cc1ccc(C(C)(C)C)cc1S[C@@H]1OC(COCc2ccccc2)[C@@H](C)[C@H](C)C1OCc1ccccc1. The maximum atomic E-state index is 13.7. The third-order valence-electron chi connectivity index (χ3n) is 23.8. The number of aliphatic imine (C=N–C) groups is 1. The summed E-state index contributed by atoms with van der Waals surface area (Å²) >= 11 is 1.80. The first-order chi connectivity index (χ1) is 60.4. The van der Waals surface area contributed by atoms with E-state index in [0.29, 0.717) is 69.2 Å². The zero-order chi connectivity index (χ0) is 90.5. The minimum atomic E-state index is -4.86. The number of phosphoric acid groups is 1. The molecule has 5 heterocycles. The number of phosphoric ester groups is 1. The van der Waals surface area contributed by atoms with E-state index in [2.05, 4.69) is 139 Å². The summed E-state index contributed by atoms with van der Waals surface area (Å²) in [5.74, 6) is -2.26. The summed E-state index contributed by atoms with van der Waals surface area (Å²) in [6.07, 6.45) is -8.92. The smallest absolute Gasteiger partial charge is 0.453 e. The van der Waals surface area contributed by atoms with Crippen molar-refractivity contribution in [3.05, 3.63) is 275 Å². The fourth-order valence-electron chi connectivity index (χ4n) is 15.1. The Morgan fingerprint density at radius 1 is 0.508 bits per heavy atom. The Labute approximate surface area is 747 Å². The van der Waals surface area contributed by atoms with E-state index < -0.39 is 87.1 Å². The number of thioether (sulfide) groups is 1. The number of carbonyl (C=O) groups is 2. The molecular formula is C101H129F3NO19PS. The average molecular weight is 1780 g/mol. The van der Waals surface area contributed by atoms with Crippen LogP contribution in [0.2, 0.25) is 0 Å². The van der Waals surface area contributed by atoms with Crippen molar-refractivity contribution in [2.24, 2.45) is 46.4 Å². The van der Waals surface area contributed by atoms with Gasteiger partial charge in [-0.3, -0.25) is 13.6 Å². The number of hydrogen-bond donors (Lipinski definition) is 1. The third-order valence-corrected chi connectivity index (χ3v) is 26.6. The number of carbonyl (C=O) groups excluding carboxylic acids is 2. The van der Waals surface area contributed by atoms with Crippen molar-refractivity contribution in [1.82, 2.24) is 0 Å². The number of esters is 2. The van der Waals surface area contributed by atoms with Gasteiger partial charge in [0.1, 0.15) is 11.5 Å². The van der Waals surface area contributed by atoms with Crippen LogP contribution in [0.25, 0.3) is 0 Å². The number of hydrogen-bond acceptors (Lipinski definition) is 21. The molecule has 1 N–H and O–H groups in total. The fourth-order valence-corrected chi connectivity index (χ4v) is 17.8. The van der Waals surface area contributed by atoms with Crippen LogP contribution in [0.5, 0.6) is 0 Å². The number of unbranched alkanes of at least 4 members (excludes halogenated alkanes) is 2. The highest BCUT2D eigenvalue weighted by Gasteiger charge is 2.54. The lowest BCUT2D eigenvalue weighted by Gasteiger charge is -2.48. The first-order valence-corrected chi connectivity index (χ1v) is 46.5. The largest absolute Gasteiger partial charge is 0.477 e. The van der Waals surface area contributed by atoms with Gasteiger partial charge >= 0.3 is 25.9 Å². The molecule has 5 aliphatic rings. The Morgan fingerprint density at radius 3 is 1.48 bits per heavy atom. The van der Waals surface area contributed by atoms with Crippen LogP contribution in [0.15, 0.2) is 240 Å². The molecule has 5 aliphatic heterocycles. The van der Waals surface area contributed by atoms with Crippen LogP contribution in [0.1, 0.15) is 183 Å². The van der Waals surface area contributed by atoms with Gasteiger partial charge in [0.15, 0.2) is 18.5 Å². The normalized spacial score (nSPS) is 27.4. The maximum absolute atomic E-state index is 13.7. The first-order valence-electron chi connectivity index (χ1n) is 44.2. The molecule has 0 saturated carbocycles. The van der Waals surface area contributed by atoms with Crippen molar-refractivity contribution >= 4 is 43.1 Å². The highest BCUT2D eigenvalue weighted by molar-refractivity contribution is 7.99. The molecular weight excluding hydrogens is 1650 g/mol. The Morgan fingerprint density at radius 2 is 0.976 bits per heavy atom. The van der Waals surface area contributed by atoms with Crippen molar-refractivity contribution in [3.8, 4) is 0 Å². The fraction of sp³-hybridized carbons (Fsp3) is 0.495. The molecule has 684 valence electrons. The minimum Gasteiger partial charge on any atom is -0.453 e. The van der Waals surface area contributed by atoms with Gasteiger partial charge in [0.25, 0.3) is 5.90 Å². The number of para-hydroxylation sites is 1. The molecule has 21 atom stereocenters. The van der Waals surface area contributed by atoms with Crippen LogP contribution in [0, 0.1) is 48.3 Å². The van der Waals surface area contributed by atoms with Crippen molar-refractivity contribution in [2.45, 2.75) is 251 Å².